The van der Waals surface area contributed by atoms with E-state index in [1.807, 2.05) is 12.1 Å². The summed E-state index contributed by atoms with van der Waals surface area (Å²) in [6.45, 7) is 4.40. The maximum absolute atomic E-state index is 15.4. The van der Waals surface area contributed by atoms with E-state index in [1.54, 1.807) is 86.1 Å². The average Bonchev–Trinajstić information content (AvgIpc) is 1.73. The number of alkyl carbamates (subject to hydrolysis) is 1. The number of aliphatic carboxylic acids is 2. The average molecular weight is 1240 g/mol. The normalized spacial score (nSPS) is 13.8. The fraction of sp³-hybridized carbons (Fsp3) is 0.390. The van der Waals surface area contributed by atoms with Crippen molar-refractivity contribution in [1.29, 1.82) is 0 Å². The van der Waals surface area contributed by atoms with E-state index in [0.29, 0.717) is 11.3 Å². The number of benzene rings is 3. The number of ketones is 2. The summed E-state index contributed by atoms with van der Waals surface area (Å²) >= 11 is 0. The molecule has 1 aliphatic heterocycles. The van der Waals surface area contributed by atoms with Gasteiger partial charge in [-0.3, -0.25) is 52.8 Å². The minimum Gasteiger partial charge on any atom is -0.481 e. The highest BCUT2D eigenvalue weighted by Gasteiger charge is 2.40. The number of hydrogen-bond acceptors (Lipinski definition) is 14. The Kier molecular flexibility index (Phi) is 26.3. The van der Waals surface area contributed by atoms with Gasteiger partial charge in [0, 0.05) is 67.6 Å². The van der Waals surface area contributed by atoms with Gasteiger partial charge in [-0.15, -0.1) is 0 Å². The second-order valence-corrected chi connectivity index (χ2v) is 21.2. The number of hydrogen-bond donors (Lipinski definition) is 8. The van der Waals surface area contributed by atoms with Gasteiger partial charge in [0.25, 0.3) is 11.8 Å². The van der Waals surface area contributed by atoms with E-state index in [-0.39, 0.29) is 43.7 Å². The van der Waals surface area contributed by atoms with E-state index in [1.165, 1.54) is 11.8 Å². The van der Waals surface area contributed by atoms with E-state index in [0.717, 1.165) is 40.8 Å². The zero-order chi connectivity index (χ0) is 65.6. The first-order chi connectivity index (χ1) is 41.3. The minimum atomic E-state index is -5.08. The quantitative estimate of drug-likeness (QED) is 0.0208. The number of imide groups is 1. The molecule has 5 rings (SSSR count). The number of carbonyl (C=O) groups excluding carboxylic acids is 10. The summed E-state index contributed by atoms with van der Waals surface area (Å²) < 4.78 is 68.7. The Hall–Kier alpha value is -9.67. The molecule has 1 aromatic heterocycles. The molecule has 4 aromatic rings. The van der Waals surface area contributed by atoms with Crippen LogP contribution in [0.25, 0.3) is 11.1 Å². The van der Waals surface area contributed by atoms with Crippen molar-refractivity contribution in [2.24, 2.45) is 17.1 Å². The third-order valence-corrected chi connectivity index (χ3v) is 13.2. The summed E-state index contributed by atoms with van der Waals surface area (Å²) in [7, 11) is 0. The molecule has 0 unspecified atom stereocenters. The number of primary amides is 1. The van der Waals surface area contributed by atoms with Crippen LogP contribution in [0, 0.1) is 23.0 Å². The highest BCUT2D eigenvalue weighted by Crippen LogP contribution is 2.41. The Labute approximate surface area is 500 Å². The number of nitrogens with one attached hydrogen (secondary N) is 4. The zero-order valence-corrected chi connectivity index (χ0v) is 48.1. The molecule has 0 bridgehead atoms. The zero-order valence-electron chi connectivity index (χ0n) is 48.1. The summed E-state index contributed by atoms with van der Waals surface area (Å²) in [5.74, 6) is -15.5. The number of aromatic nitrogens is 1. The summed E-state index contributed by atoms with van der Waals surface area (Å²) in [5.41, 5.74) is 6.55. The molecule has 0 spiro atoms. The highest BCUT2D eigenvalue weighted by atomic mass is 19.4. The lowest BCUT2D eigenvalue weighted by Gasteiger charge is -2.41. The molecule has 0 saturated heterocycles. The molecule has 24 nitrogen and oxygen atoms in total. The van der Waals surface area contributed by atoms with E-state index < -0.39 is 170 Å². The molecule has 0 radical (unpaired) electrons. The number of amides is 8. The van der Waals surface area contributed by atoms with Crippen LogP contribution in [0.4, 0.5) is 26.7 Å². The summed E-state index contributed by atoms with van der Waals surface area (Å²) in [6.07, 6.45) is -5.82. The Balaban J connectivity index is 0.00000222. The van der Waals surface area contributed by atoms with Crippen molar-refractivity contribution in [2.45, 2.75) is 110 Å². The van der Waals surface area contributed by atoms with E-state index in [2.05, 4.69) is 21.3 Å². The molecule has 1 aliphatic rings. The van der Waals surface area contributed by atoms with Gasteiger partial charge in [-0.05, 0) is 60.6 Å². The van der Waals surface area contributed by atoms with Crippen LogP contribution in [0.5, 0.6) is 0 Å². The predicted molar refractivity (Wildman–Crippen MR) is 300 cm³/mol. The summed E-state index contributed by atoms with van der Waals surface area (Å²) in [6, 6.07) is 16.3. The fourth-order valence-corrected chi connectivity index (χ4v) is 8.98. The van der Waals surface area contributed by atoms with Crippen LogP contribution in [0.1, 0.15) is 89.1 Å². The van der Waals surface area contributed by atoms with Gasteiger partial charge in [0.1, 0.15) is 36.9 Å². The largest absolute Gasteiger partial charge is 0.490 e. The van der Waals surface area contributed by atoms with Gasteiger partial charge in [-0.25, -0.2) is 18.4 Å². The summed E-state index contributed by atoms with van der Waals surface area (Å²) in [4.78, 5) is 155. The maximum Gasteiger partial charge on any atom is 0.490 e. The molecule has 0 saturated carbocycles. The lowest BCUT2D eigenvalue weighted by molar-refractivity contribution is -0.192. The van der Waals surface area contributed by atoms with Crippen molar-refractivity contribution in [1.82, 2.24) is 35.6 Å². The van der Waals surface area contributed by atoms with Crippen molar-refractivity contribution < 1.29 is 99.5 Å². The summed E-state index contributed by atoms with van der Waals surface area (Å²) in [5, 5.41) is 37.0. The number of aliphatic hydroxyl groups excluding tert-OH is 1. The minimum absolute atomic E-state index is 0.0319. The van der Waals surface area contributed by atoms with E-state index >= 15 is 4.39 Å². The van der Waals surface area contributed by atoms with Gasteiger partial charge in [0.2, 0.25) is 29.5 Å². The number of rotatable bonds is 30. The molecule has 9 N–H and O–H groups in total. The van der Waals surface area contributed by atoms with Crippen LogP contribution in [-0.4, -0.2) is 151 Å². The molecule has 3 aromatic carbocycles. The fourth-order valence-electron chi connectivity index (χ4n) is 8.98. The maximum atomic E-state index is 15.4. The van der Waals surface area contributed by atoms with E-state index in [9.17, 15) is 80.5 Å². The molecule has 0 fully saturated rings. The second-order valence-electron chi connectivity index (χ2n) is 21.2. The topological polar surface area (TPSA) is 360 Å². The number of ether oxygens (including phenoxy) is 1. The lowest BCUT2D eigenvalue weighted by atomic mass is 9.82. The van der Waals surface area contributed by atoms with E-state index in [4.69, 9.17) is 20.4 Å². The number of nitrogens with zero attached hydrogens (tertiary/aromatic N) is 3. The van der Waals surface area contributed by atoms with Gasteiger partial charge >= 0.3 is 24.2 Å². The van der Waals surface area contributed by atoms with Gasteiger partial charge in [-0.1, -0.05) is 81.4 Å². The lowest BCUT2D eigenvalue weighted by Crippen LogP contribution is -2.56. The SMILES string of the molecule is C[C@H](NC(=O)OCc1ccccc1)C(=O)C[C@@H](CC(=O)O)C(=O)N[C@@H](CC(N)=O)C(=O)N[C@@H](CCN(C(=O)CO)[C@@H](c1cc(-c2cc(F)ccc2F)cn1Cc1ccccc1)C(C)(C)C)C(=O)NCCCC(=O)CN1C(=O)C=CC1=O.O=C(O)C(F)(F)F. The van der Waals surface area contributed by atoms with Crippen LogP contribution < -0.4 is 27.0 Å². The number of Topliss-reactive ketones (excluding diaryl/α,β-unsaturated/α-hetero) is 2. The monoisotopic (exact) mass is 1240 g/mol. The first-order valence-electron chi connectivity index (χ1n) is 27.1. The van der Waals surface area contributed by atoms with Gasteiger partial charge in [0.05, 0.1) is 37.4 Å². The molecule has 474 valence electrons. The van der Waals surface area contributed by atoms with Crippen LogP contribution in [-0.2, 0) is 70.6 Å². The molecule has 8 amide bonds. The highest BCUT2D eigenvalue weighted by molar-refractivity contribution is 6.14. The number of halogens is 5. The molecule has 29 heteroatoms. The van der Waals surface area contributed by atoms with Crippen LogP contribution >= 0.6 is 0 Å². The molecular formula is C59H67F5N8O16. The number of aliphatic hydroxyl groups is 1. The molecule has 88 heavy (non-hydrogen) atoms. The van der Waals surface area contributed by atoms with Crippen LogP contribution in [0.2, 0.25) is 0 Å². The predicted octanol–water partition coefficient (Wildman–Crippen LogP) is 4.01. The molecule has 0 aliphatic carbocycles. The Morgan fingerprint density at radius 3 is 1.90 bits per heavy atom. The van der Waals surface area contributed by atoms with Crippen molar-refractivity contribution in [3.63, 3.8) is 0 Å². The van der Waals surface area contributed by atoms with Crippen LogP contribution in [0.15, 0.2) is 103 Å². The standard InChI is InChI=1S/C57H66F2N8O14.C2HF3O2/c1-34(62-56(80)81-33-36-14-9-6-10-15-36)46(70)25-37(26-51(75)76)53(77)64-44(28-47(60)71)55(79)63-43(54(78)61-22-11-16-40(69)31-67-48(72)19-20-49(67)73)21-23-66(50(74)32-68)52(57(2,3)4)45-24-38(41-27-39(58)17-18-42(41)59)30-65(45)29-35-12-7-5-8-13-35;3-2(4,5)1(6)7/h5-10,12-15,17-20,24,27,30,34,37,43-44,52,68H,11,16,21-23,25-26,28-29,31-33H2,1-4H3,(H2,60,71)(H,61,78)(H,62,80)(H,63,79)(H,64,77)(H,75,76);(H,6,7)/t34-,37-,43-,44-,52-;/m0./s1. The Bertz CT molecular complexity index is 3210. The van der Waals surface area contributed by atoms with Gasteiger partial charge < -0.3 is 56.5 Å². The molecular weight excluding hydrogens is 1170 g/mol. The van der Waals surface area contributed by atoms with Crippen LogP contribution in [0.3, 0.4) is 0 Å². The number of alkyl halides is 3. The smallest absolute Gasteiger partial charge is 0.481 e. The van der Waals surface area contributed by atoms with Crippen molar-refractivity contribution in [3.8, 4) is 11.1 Å². The van der Waals surface area contributed by atoms with Gasteiger partial charge in [-0.2, -0.15) is 13.2 Å². The molecule has 2 heterocycles. The number of carboxylic acids is 2. The van der Waals surface area contributed by atoms with Crippen molar-refractivity contribution in [2.75, 3.05) is 26.2 Å². The van der Waals surface area contributed by atoms with Gasteiger partial charge in [0.15, 0.2) is 11.6 Å². The van der Waals surface area contributed by atoms with Crippen molar-refractivity contribution in [3.05, 3.63) is 132 Å². The molecule has 5 atom stereocenters. The Morgan fingerprint density at radius 2 is 1.34 bits per heavy atom. The third-order valence-electron chi connectivity index (χ3n) is 13.2. The van der Waals surface area contributed by atoms with Crippen molar-refractivity contribution >= 4 is 70.9 Å². The number of nitrogens with two attached hydrogens (primary N) is 1. The Morgan fingerprint density at radius 1 is 0.750 bits per heavy atom. The number of carbonyl (C=O) groups is 12. The first kappa shape index (κ1) is 70.8. The number of carboxylic acid groups (broad SMARTS) is 2. The second kappa shape index (κ2) is 32.7. The third kappa shape index (κ3) is 22.3. The first-order valence-corrected chi connectivity index (χ1v) is 27.1.